The molecule has 72 valence electrons. The number of hydrogen-bond donors (Lipinski definition) is 1. The van der Waals surface area contributed by atoms with E-state index in [4.69, 9.17) is 9.26 Å². The Morgan fingerprint density at radius 2 is 2.42 bits per heavy atom. The van der Waals surface area contributed by atoms with Gasteiger partial charge in [-0.15, -0.1) is 0 Å². The summed E-state index contributed by atoms with van der Waals surface area (Å²) in [6.45, 7) is 4.29. The average molecular weight is 194 g/mol. The molecule has 1 aliphatic heterocycles. The molecule has 1 saturated heterocycles. The predicted octanol–water partition coefficient (Wildman–Crippen LogP) is 1.39. The lowest BCUT2D eigenvalue weighted by Gasteiger charge is -2.15. The molecular formula is C7H15O4P. The Morgan fingerprint density at radius 1 is 1.83 bits per heavy atom. The minimum atomic E-state index is -3.38. The van der Waals surface area contributed by atoms with Gasteiger partial charge in [0.2, 0.25) is 0 Å². The lowest BCUT2D eigenvalue weighted by molar-refractivity contribution is 0.184. The molecule has 4 nitrogen and oxygen atoms in total. The smallest absolute Gasteiger partial charge is 0.331 e. The van der Waals surface area contributed by atoms with E-state index in [2.05, 4.69) is 0 Å². The van der Waals surface area contributed by atoms with Crippen LogP contribution in [0.1, 0.15) is 20.3 Å². The number of ether oxygens (including phenoxy) is 1. The van der Waals surface area contributed by atoms with Gasteiger partial charge >= 0.3 is 7.60 Å². The molecule has 1 rings (SSSR count). The Balaban J connectivity index is 2.30. The number of rotatable bonds is 5. The van der Waals surface area contributed by atoms with E-state index >= 15 is 0 Å². The summed E-state index contributed by atoms with van der Waals surface area (Å²) in [6.07, 6.45) is 0.678. The molecule has 0 amide bonds. The highest BCUT2D eigenvalue weighted by molar-refractivity contribution is 7.52. The van der Waals surface area contributed by atoms with Crippen molar-refractivity contribution in [3.05, 3.63) is 0 Å². The highest BCUT2D eigenvalue weighted by atomic mass is 31.2. The van der Waals surface area contributed by atoms with Crippen molar-refractivity contribution in [1.82, 2.24) is 0 Å². The maximum atomic E-state index is 11.3. The Kier molecular flexibility index (Phi) is 3.29. The maximum Gasteiger partial charge on any atom is 0.331 e. The number of hydrogen-bond acceptors (Lipinski definition) is 3. The molecule has 1 aliphatic rings. The van der Waals surface area contributed by atoms with Crippen molar-refractivity contribution in [3.8, 4) is 0 Å². The van der Waals surface area contributed by atoms with Crippen LogP contribution < -0.4 is 0 Å². The summed E-state index contributed by atoms with van der Waals surface area (Å²) in [5.74, 6) is 0. The van der Waals surface area contributed by atoms with Crippen LogP contribution in [0.4, 0.5) is 0 Å². The molecule has 3 atom stereocenters. The van der Waals surface area contributed by atoms with Gasteiger partial charge in [0.1, 0.15) is 0 Å². The summed E-state index contributed by atoms with van der Waals surface area (Å²) in [5, 5.41) is 0. The molecule has 0 bridgehead atoms. The fraction of sp³-hybridized carbons (Fsp3) is 1.00. The minimum absolute atomic E-state index is 0.0510. The third-order valence-electron chi connectivity index (χ3n) is 1.76. The molecule has 1 fully saturated rings. The van der Waals surface area contributed by atoms with Gasteiger partial charge in [-0.1, -0.05) is 6.92 Å². The first-order valence-corrected chi connectivity index (χ1v) is 5.91. The van der Waals surface area contributed by atoms with Gasteiger partial charge < -0.3 is 14.2 Å². The summed E-state index contributed by atoms with van der Waals surface area (Å²) >= 11 is 0. The molecule has 0 radical (unpaired) electrons. The van der Waals surface area contributed by atoms with Crippen LogP contribution in [-0.2, 0) is 13.8 Å². The van der Waals surface area contributed by atoms with E-state index < -0.39 is 7.60 Å². The van der Waals surface area contributed by atoms with Gasteiger partial charge in [-0.05, 0) is 13.3 Å². The molecule has 0 saturated carbocycles. The summed E-state index contributed by atoms with van der Waals surface area (Å²) in [7, 11) is -3.38. The Morgan fingerprint density at radius 3 is 2.83 bits per heavy atom. The van der Waals surface area contributed by atoms with Gasteiger partial charge in [-0.25, -0.2) is 0 Å². The standard InChI is InChI=1S/C7H15O4P/c1-3-6(2)11-12(8,9)5-7-4-10-7/h6-7H,3-5H2,1-2H3,(H,8,9). The van der Waals surface area contributed by atoms with E-state index in [1.165, 1.54) is 0 Å². The molecule has 3 unspecified atom stereocenters. The molecular weight excluding hydrogens is 179 g/mol. The summed E-state index contributed by atoms with van der Waals surface area (Å²) in [6, 6.07) is 0. The number of epoxide rings is 1. The van der Waals surface area contributed by atoms with Crippen LogP contribution in [-0.4, -0.2) is 29.9 Å². The van der Waals surface area contributed by atoms with Crippen molar-refractivity contribution in [3.63, 3.8) is 0 Å². The first kappa shape index (κ1) is 10.2. The summed E-state index contributed by atoms with van der Waals surface area (Å²) < 4.78 is 21.1. The zero-order valence-electron chi connectivity index (χ0n) is 7.40. The van der Waals surface area contributed by atoms with Crippen LogP contribution in [0.5, 0.6) is 0 Å². The van der Waals surface area contributed by atoms with E-state index in [-0.39, 0.29) is 18.4 Å². The normalized spacial score (nSPS) is 29.4. The topological polar surface area (TPSA) is 59.1 Å². The largest absolute Gasteiger partial charge is 0.372 e. The summed E-state index contributed by atoms with van der Waals surface area (Å²) in [4.78, 5) is 9.28. The highest BCUT2D eigenvalue weighted by Crippen LogP contribution is 2.46. The third-order valence-corrected chi connectivity index (χ3v) is 3.31. The quantitative estimate of drug-likeness (QED) is 0.530. The van der Waals surface area contributed by atoms with Crippen LogP contribution >= 0.6 is 7.60 Å². The van der Waals surface area contributed by atoms with Crippen molar-refractivity contribution >= 4 is 7.60 Å². The molecule has 0 spiro atoms. The van der Waals surface area contributed by atoms with Crippen molar-refractivity contribution in [1.29, 1.82) is 0 Å². The van der Waals surface area contributed by atoms with Crippen LogP contribution in [0.2, 0.25) is 0 Å². The molecule has 0 aliphatic carbocycles. The van der Waals surface area contributed by atoms with Crippen LogP contribution in [0.15, 0.2) is 0 Å². The van der Waals surface area contributed by atoms with Crippen LogP contribution in [0.3, 0.4) is 0 Å². The Bertz CT molecular complexity index is 190. The zero-order chi connectivity index (χ0) is 9.19. The van der Waals surface area contributed by atoms with Crippen molar-refractivity contribution in [2.75, 3.05) is 12.8 Å². The van der Waals surface area contributed by atoms with Crippen LogP contribution in [0, 0.1) is 0 Å². The molecule has 0 aromatic rings. The molecule has 12 heavy (non-hydrogen) atoms. The highest BCUT2D eigenvalue weighted by Gasteiger charge is 2.34. The van der Waals surface area contributed by atoms with Crippen LogP contribution in [0.25, 0.3) is 0 Å². The van der Waals surface area contributed by atoms with Crippen molar-refractivity contribution in [2.24, 2.45) is 0 Å². The van der Waals surface area contributed by atoms with Gasteiger partial charge in [-0.3, -0.25) is 4.57 Å². The molecule has 5 heteroatoms. The van der Waals surface area contributed by atoms with Crippen molar-refractivity contribution in [2.45, 2.75) is 32.5 Å². The Hall–Kier alpha value is 0.110. The first-order valence-electron chi connectivity index (χ1n) is 4.15. The second kappa shape index (κ2) is 3.88. The first-order chi connectivity index (χ1) is 5.53. The molecule has 0 aromatic carbocycles. The fourth-order valence-corrected chi connectivity index (χ4v) is 2.35. The lowest BCUT2D eigenvalue weighted by atomic mass is 10.3. The fourth-order valence-electron chi connectivity index (χ4n) is 0.830. The van der Waals surface area contributed by atoms with E-state index in [9.17, 15) is 9.46 Å². The SMILES string of the molecule is CCC(C)OP(=O)(O)CC1CO1. The van der Waals surface area contributed by atoms with E-state index in [1.54, 1.807) is 6.92 Å². The summed E-state index contributed by atoms with van der Waals surface area (Å²) in [5.41, 5.74) is 0. The third kappa shape index (κ3) is 3.68. The lowest BCUT2D eigenvalue weighted by Crippen LogP contribution is -2.08. The minimum Gasteiger partial charge on any atom is -0.372 e. The molecule has 1 heterocycles. The molecule has 1 N–H and O–H groups in total. The van der Waals surface area contributed by atoms with Gasteiger partial charge in [0.15, 0.2) is 0 Å². The monoisotopic (exact) mass is 194 g/mol. The second-order valence-corrected chi connectivity index (χ2v) is 4.95. The molecule has 0 aromatic heterocycles. The average Bonchev–Trinajstić information content (AvgIpc) is 2.69. The van der Waals surface area contributed by atoms with Gasteiger partial charge in [0, 0.05) is 0 Å². The Labute approximate surface area is 72.4 Å². The van der Waals surface area contributed by atoms with E-state index in [0.29, 0.717) is 6.61 Å². The van der Waals surface area contributed by atoms with Crippen molar-refractivity contribution < 1.29 is 18.7 Å². The van der Waals surface area contributed by atoms with E-state index in [1.807, 2.05) is 6.92 Å². The predicted molar refractivity (Wildman–Crippen MR) is 45.3 cm³/mol. The van der Waals surface area contributed by atoms with Gasteiger partial charge in [0.05, 0.1) is 25.0 Å². The zero-order valence-corrected chi connectivity index (χ0v) is 8.29. The van der Waals surface area contributed by atoms with Gasteiger partial charge in [0.25, 0.3) is 0 Å². The van der Waals surface area contributed by atoms with Gasteiger partial charge in [-0.2, -0.15) is 0 Å². The van der Waals surface area contributed by atoms with E-state index in [0.717, 1.165) is 6.42 Å². The second-order valence-electron chi connectivity index (χ2n) is 3.10. The maximum absolute atomic E-state index is 11.3.